The van der Waals surface area contributed by atoms with Gasteiger partial charge in [0.25, 0.3) is 0 Å². The third-order valence-electron chi connectivity index (χ3n) is 3.68. The van der Waals surface area contributed by atoms with E-state index in [1.807, 2.05) is 0 Å². The molecule has 0 aromatic rings. The third kappa shape index (κ3) is 2.98. The minimum atomic E-state index is -0.177. The van der Waals surface area contributed by atoms with Gasteiger partial charge in [-0.05, 0) is 39.9 Å². The zero-order valence-electron chi connectivity index (χ0n) is 11.1. The van der Waals surface area contributed by atoms with Crippen LogP contribution in [0.5, 0.6) is 0 Å². The van der Waals surface area contributed by atoms with Gasteiger partial charge in [-0.3, -0.25) is 0 Å². The van der Waals surface area contributed by atoms with Crippen molar-refractivity contribution in [2.24, 2.45) is 5.92 Å². The van der Waals surface area contributed by atoms with Gasteiger partial charge < -0.3 is 9.31 Å². The lowest BCUT2D eigenvalue weighted by atomic mass is 9.76. The Morgan fingerprint density at radius 1 is 1.07 bits per heavy atom. The molecule has 0 aliphatic carbocycles. The van der Waals surface area contributed by atoms with Crippen LogP contribution in [0.15, 0.2) is 0 Å². The molecule has 0 amide bonds. The molecular formula is C12H25BO2. The van der Waals surface area contributed by atoms with E-state index < -0.39 is 0 Å². The second-order valence-electron chi connectivity index (χ2n) is 5.82. The summed E-state index contributed by atoms with van der Waals surface area (Å²) >= 11 is 0. The lowest BCUT2D eigenvalue weighted by Crippen LogP contribution is -2.41. The Hall–Kier alpha value is -0.0151. The van der Waals surface area contributed by atoms with Crippen LogP contribution in [-0.4, -0.2) is 18.3 Å². The van der Waals surface area contributed by atoms with Crippen LogP contribution in [0.3, 0.4) is 0 Å². The summed E-state index contributed by atoms with van der Waals surface area (Å²) < 4.78 is 11.9. The molecule has 0 bridgehead atoms. The normalized spacial score (nSPS) is 25.6. The zero-order chi connectivity index (χ0) is 11.7. The van der Waals surface area contributed by atoms with Gasteiger partial charge in [-0.25, -0.2) is 0 Å². The fourth-order valence-electron chi connectivity index (χ4n) is 2.00. The first-order chi connectivity index (χ1) is 6.78. The lowest BCUT2D eigenvalue weighted by molar-refractivity contribution is 0.00578. The van der Waals surface area contributed by atoms with Gasteiger partial charge in [0.2, 0.25) is 0 Å². The van der Waals surface area contributed by atoms with E-state index in [0.29, 0.717) is 5.92 Å². The Labute approximate surface area is 94.9 Å². The number of hydrogen-bond donors (Lipinski definition) is 0. The summed E-state index contributed by atoms with van der Waals surface area (Å²) in [6.07, 6.45) is 3.51. The molecule has 88 valence electrons. The number of rotatable bonds is 4. The summed E-state index contributed by atoms with van der Waals surface area (Å²) in [6, 6.07) is 0. The van der Waals surface area contributed by atoms with Crippen LogP contribution in [0.2, 0.25) is 6.32 Å². The molecule has 0 spiro atoms. The molecule has 1 aliphatic heterocycles. The smallest absolute Gasteiger partial charge is 0.403 e. The molecule has 1 heterocycles. The van der Waals surface area contributed by atoms with E-state index >= 15 is 0 Å². The molecule has 1 saturated heterocycles. The summed E-state index contributed by atoms with van der Waals surface area (Å²) in [7, 11) is -0.0171. The zero-order valence-corrected chi connectivity index (χ0v) is 11.1. The van der Waals surface area contributed by atoms with E-state index in [9.17, 15) is 0 Å². The van der Waals surface area contributed by atoms with Crippen molar-refractivity contribution in [2.75, 3.05) is 0 Å². The van der Waals surface area contributed by atoms with Crippen LogP contribution in [-0.2, 0) is 9.31 Å². The fourth-order valence-corrected chi connectivity index (χ4v) is 2.00. The van der Waals surface area contributed by atoms with Crippen molar-refractivity contribution in [3.8, 4) is 0 Å². The Kier molecular flexibility index (Phi) is 3.88. The van der Waals surface area contributed by atoms with Gasteiger partial charge in [0, 0.05) is 0 Å². The number of hydrogen-bond acceptors (Lipinski definition) is 2. The molecule has 0 aromatic carbocycles. The first-order valence-corrected chi connectivity index (χ1v) is 6.14. The van der Waals surface area contributed by atoms with Crippen molar-refractivity contribution in [1.82, 2.24) is 0 Å². The molecule has 1 unspecified atom stereocenters. The fraction of sp³-hybridized carbons (Fsp3) is 1.00. The minimum Gasteiger partial charge on any atom is -0.403 e. The standard InChI is InChI=1S/C12H25BO2/c1-7-8-10(2)9-13-14-11(3,4)12(5,6)15-13/h10H,7-9H2,1-6H3. The van der Waals surface area contributed by atoms with Crippen LogP contribution in [0.25, 0.3) is 0 Å². The second kappa shape index (κ2) is 4.46. The lowest BCUT2D eigenvalue weighted by Gasteiger charge is -2.32. The van der Waals surface area contributed by atoms with E-state index in [0.717, 1.165) is 6.32 Å². The van der Waals surface area contributed by atoms with Gasteiger partial charge in [0.05, 0.1) is 11.2 Å². The summed E-state index contributed by atoms with van der Waals surface area (Å²) in [4.78, 5) is 0. The van der Waals surface area contributed by atoms with Crippen LogP contribution in [0, 0.1) is 5.92 Å². The summed E-state index contributed by atoms with van der Waals surface area (Å²) in [5.41, 5.74) is -0.354. The highest BCUT2D eigenvalue weighted by molar-refractivity contribution is 6.45. The van der Waals surface area contributed by atoms with Gasteiger partial charge in [0.1, 0.15) is 0 Å². The largest absolute Gasteiger partial charge is 0.458 e. The average molecular weight is 212 g/mol. The van der Waals surface area contributed by atoms with Crippen molar-refractivity contribution in [3.05, 3.63) is 0 Å². The van der Waals surface area contributed by atoms with E-state index in [2.05, 4.69) is 41.5 Å². The predicted octanol–water partition coefficient (Wildman–Crippen LogP) is 3.51. The van der Waals surface area contributed by atoms with Gasteiger partial charge in [-0.15, -0.1) is 0 Å². The minimum absolute atomic E-state index is 0.0171. The van der Waals surface area contributed by atoms with Crippen molar-refractivity contribution >= 4 is 7.12 Å². The molecule has 1 rings (SSSR count). The Morgan fingerprint density at radius 2 is 1.53 bits per heavy atom. The molecule has 1 atom stereocenters. The van der Waals surface area contributed by atoms with E-state index in [1.54, 1.807) is 0 Å². The van der Waals surface area contributed by atoms with Crippen molar-refractivity contribution < 1.29 is 9.31 Å². The van der Waals surface area contributed by atoms with Gasteiger partial charge in [-0.2, -0.15) is 0 Å². The quantitative estimate of drug-likeness (QED) is 0.664. The maximum Gasteiger partial charge on any atom is 0.458 e. The highest BCUT2D eigenvalue weighted by atomic mass is 16.7. The third-order valence-corrected chi connectivity index (χ3v) is 3.68. The first-order valence-electron chi connectivity index (χ1n) is 6.14. The van der Waals surface area contributed by atoms with Crippen molar-refractivity contribution in [2.45, 2.75) is 71.9 Å². The van der Waals surface area contributed by atoms with Gasteiger partial charge >= 0.3 is 7.12 Å². The molecule has 1 aliphatic rings. The van der Waals surface area contributed by atoms with E-state index in [4.69, 9.17) is 9.31 Å². The van der Waals surface area contributed by atoms with Crippen LogP contribution < -0.4 is 0 Å². The molecule has 0 radical (unpaired) electrons. The summed E-state index contributed by atoms with van der Waals surface area (Å²) in [5.74, 6) is 0.685. The molecule has 0 saturated carbocycles. The van der Waals surface area contributed by atoms with Crippen LogP contribution in [0.1, 0.15) is 54.4 Å². The molecule has 0 aromatic heterocycles. The molecule has 1 fully saturated rings. The Bertz CT molecular complexity index is 198. The SMILES string of the molecule is CCCC(C)CB1OC(C)(C)C(C)(C)O1. The first kappa shape index (κ1) is 13.1. The Morgan fingerprint density at radius 3 is 1.93 bits per heavy atom. The molecular weight excluding hydrogens is 187 g/mol. The topological polar surface area (TPSA) is 18.5 Å². The van der Waals surface area contributed by atoms with Crippen molar-refractivity contribution in [1.29, 1.82) is 0 Å². The van der Waals surface area contributed by atoms with Crippen molar-refractivity contribution in [3.63, 3.8) is 0 Å². The highest BCUT2D eigenvalue weighted by Crippen LogP contribution is 2.38. The summed E-state index contributed by atoms with van der Waals surface area (Å²) in [5, 5.41) is 0. The highest BCUT2D eigenvalue weighted by Gasteiger charge is 2.50. The van der Waals surface area contributed by atoms with Gasteiger partial charge in [-0.1, -0.05) is 26.7 Å². The van der Waals surface area contributed by atoms with E-state index in [1.165, 1.54) is 12.8 Å². The second-order valence-corrected chi connectivity index (χ2v) is 5.82. The Balaban J connectivity index is 2.49. The molecule has 3 heteroatoms. The molecule has 0 N–H and O–H groups in total. The summed E-state index contributed by atoms with van der Waals surface area (Å²) in [6.45, 7) is 12.9. The predicted molar refractivity (Wildman–Crippen MR) is 65.0 cm³/mol. The molecule has 2 nitrogen and oxygen atoms in total. The van der Waals surface area contributed by atoms with Crippen LogP contribution in [0.4, 0.5) is 0 Å². The van der Waals surface area contributed by atoms with Crippen LogP contribution >= 0.6 is 0 Å². The maximum absolute atomic E-state index is 5.96. The maximum atomic E-state index is 5.96. The monoisotopic (exact) mass is 212 g/mol. The average Bonchev–Trinajstić information content (AvgIpc) is 2.19. The van der Waals surface area contributed by atoms with Gasteiger partial charge in [0.15, 0.2) is 0 Å². The van der Waals surface area contributed by atoms with E-state index in [-0.39, 0.29) is 18.3 Å². The molecule has 15 heavy (non-hydrogen) atoms.